The summed E-state index contributed by atoms with van der Waals surface area (Å²) < 4.78 is 4.74. The Balaban J connectivity index is 1.81. The summed E-state index contributed by atoms with van der Waals surface area (Å²) in [6, 6.07) is 0.649. The van der Waals surface area contributed by atoms with Crippen molar-refractivity contribution in [1.29, 1.82) is 0 Å². The van der Waals surface area contributed by atoms with Gasteiger partial charge < -0.3 is 9.64 Å². The third kappa shape index (κ3) is 2.00. The zero-order valence-corrected chi connectivity index (χ0v) is 11.4. The summed E-state index contributed by atoms with van der Waals surface area (Å²) in [5.41, 5.74) is 0. The lowest BCUT2D eigenvalue weighted by Crippen LogP contribution is -2.42. The van der Waals surface area contributed by atoms with Crippen molar-refractivity contribution >= 4 is 22.4 Å². The van der Waals surface area contributed by atoms with E-state index < -0.39 is 0 Å². The molecule has 1 aromatic heterocycles. The molecule has 98 valence electrons. The highest BCUT2D eigenvalue weighted by Crippen LogP contribution is 2.40. The molecule has 2 unspecified atom stereocenters. The minimum absolute atomic E-state index is 0.279. The van der Waals surface area contributed by atoms with E-state index in [4.69, 9.17) is 4.74 Å². The van der Waals surface area contributed by atoms with Gasteiger partial charge in [-0.05, 0) is 31.6 Å². The molecule has 18 heavy (non-hydrogen) atoms. The Kier molecular flexibility index (Phi) is 3.24. The highest BCUT2D eigenvalue weighted by atomic mass is 32.1. The molecule has 2 aliphatic rings. The average Bonchev–Trinajstić information content (AvgIpc) is 3.05. The largest absolute Gasteiger partial charge is 0.465 e. The topological polar surface area (TPSA) is 42.4 Å². The number of esters is 1. The number of aromatic nitrogens is 1. The Labute approximate surface area is 111 Å². The monoisotopic (exact) mass is 266 g/mol. The molecule has 0 aromatic carbocycles. The molecule has 0 radical (unpaired) electrons. The minimum Gasteiger partial charge on any atom is -0.465 e. The molecule has 0 spiro atoms. The van der Waals surface area contributed by atoms with Crippen molar-refractivity contribution in [2.45, 2.75) is 38.1 Å². The van der Waals surface area contributed by atoms with Gasteiger partial charge in [-0.3, -0.25) is 0 Å². The van der Waals surface area contributed by atoms with Gasteiger partial charge in [-0.15, -0.1) is 0 Å². The van der Waals surface area contributed by atoms with E-state index in [1.165, 1.54) is 50.6 Å². The number of ether oxygens (including phenoxy) is 1. The lowest BCUT2D eigenvalue weighted by atomic mass is 9.92. The molecule has 0 amide bonds. The number of fused-ring (bicyclic) bond motifs is 1. The lowest BCUT2D eigenvalue weighted by Gasteiger charge is -2.37. The van der Waals surface area contributed by atoms with E-state index in [1.54, 1.807) is 6.20 Å². The molecule has 1 aliphatic heterocycles. The third-order valence-corrected chi connectivity index (χ3v) is 5.13. The third-order valence-electron chi connectivity index (χ3n) is 4.12. The molecular formula is C13H18N2O2S. The van der Waals surface area contributed by atoms with E-state index in [0.717, 1.165) is 17.6 Å². The number of anilines is 1. The molecule has 2 heterocycles. The van der Waals surface area contributed by atoms with Gasteiger partial charge in [0.25, 0.3) is 0 Å². The standard InChI is InChI=1S/C13H18N2O2S/c1-17-12(16)11-8-14-13(18-11)15-7-3-5-9-4-2-6-10(9)15/h8-10H,2-7H2,1H3. The van der Waals surface area contributed by atoms with Crippen LogP contribution in [0.1, 0.15) is 41.8 Å². The Bertz CT molecular complexity index is 446. The Hall–Kier alpha value is -1.10. The van der Waals surface area contributed by atoms with E-state index >= 15 is 0 Å². The van der Waals surface area contributed by atoms with Crippen LogP contribution in [0.4, 0.5) is 5.13 Å². The molecule has 0 bridgehead atoms. The van der Waals surface area contributed by atoms with Crippen LogP contribution in [0.25, 0.3) is 0 Å². The van der Waals surface area contributed by atoms with Crippen molar-refractivity contribution in [2.75, 3.05) is 18.6 Å². The predicted octanol–water partition coefficient (Wildman–Crippen LogP) is 2.70. The van der Waals surface area contributed by atoms with Gasteiger partial charge in [0, 0.05) is 12.6 Å². The SMILES string of the molecule is COC(=O)c1cnc(N2CCCC3CCCC32)s1. The second-order valence-corrected chi connectivity index (χ2v) is 6.10. The summed E-state index contributed by atoms with van der Waals surface area (Å²) in [6.45, 7) is 1.08. The number of rotatable bonds is 2. The fourth-order valence-electron chi connectivity index (χ4n) is 3.28. The smallest absolute Gasteiger partial charge is 0.349 e. The number of carbonyl (C=O) groups is 1. The lowest BCUT2D eigenvalue weighted by molar-refractivity contribution is 0.0606. The summed E-state index contributed by atoms with van der Waals surface area (Å²) in [7, 11) is 1.41. The van der Waals surface area contributed by atoms with Crippen molar-refractivity contribution in [3.05, 3.63) is 11.1 Å². The van der Waals surface area contributed by atoms with Gasteiger partial charge in [0.15, 0.2) is 5.13 Å². The highest BCUT2D eigenvalue weighted by Gasteiger charge is 2.36. The first kappa shape index (κ1) is 12.0. The maximum absolute atomic E-state index is 11.5. The minimum atomic E-state index is -0.279. The number of piperidine rings is 1. The number of thiazole rings is 1. The van der Waals surface area contributed by atoms with Gasteiger partial charge in [0.1, 0.15) is 4.88 Å². The molecule has 2 atom stereocenters. The molecule has 0 N–H and O–H groups in total. The van der Waals surface area contributed by atoms with Gasteiger partial charge in [0.2, 0.25) is 0 Å². The van der Waals surface area contributed by atoms with Crippen LogP contribution in [0.15, 0.2) is 6.20 Å². The van der Waals surface area contributed by atoms with Crippen molar-refractivity contribution in [1.82, 2.24) is 4.98 Å². The number of hydrogen-bond donors (Lipinski definition) is 0. The van der Waals surface area contributed by atoms with Crippen LogP contribution in [-0.4, -0.2) is 30.6 Å². The quantitative estimate of drug-likeness (QED) is 0.772. The zero-order valence-electron chi connectivity index (χ0n) is 10.6. The molecule has 1 aliphatic carbocycles. The van der Waals surface area contributed by atoms with Crippen molar-refractivity contribution in [3.8, 4) is 0 Å². The van der Waals surface area contributed by atoms with Crippen LogP contribution >= 0.6 is 11.3 Å². The van der Waals surface area contributed by atoms with E-state index in [0.29, 0.717) is 10.9 Å². The Morgan fingerprint density at radius 3 is 3.11 bits per heavy atom. The van der Waals surface area contributed by atoms with Crippen LogP contribution in [0.2, 0.25) is 0 Å². The van der Waals surface area contributed by atoms with E-state index in [-0.39, 0.29) is 5.97 Å². The second-order valence-electron chi connectivity index (χ2n) is 5.09. The number of carbonyl (C=O) groups excluding carboxylic acids is 1. The van der Waals surface area contributed by atoms with Crippen molar-refractivity contribution in [3.63, 3.8) is 0 Å². The van der Waals surface area contributed by atoms with Crippen LogP contribution < -0.4 is 4.90 Å². The summed E-state index contributed by atoms with van der Waals surface area (Å²) in [5, 5.41) is 0.993. The fourth-order valence-corrected chi connectivity index (χ4v) is 4.20. The summed E-state index contributed by atoms with van der Waals surface area (Å²) in [4.78, 5) is 18.9. The van der Waals surface area contributed by atoms with Crippen molar-refractivity contribution < 1.29 is 9.53 Å². The van der Waals surface area contributed by atoms with Gasteiger partial charge in [-0.25, -0.2) is 9.78 Å². The molecule has 3 rings (SSSR count). The number of nitrogens with zero attached hydrogens (tertiary/aromatic N) is 2. The van der Waals surface area contributed by atoms with Crippen LogP contribution in [-0.2, 0) is 4.74 Å². The number of methoxy groups -OCH3 is 1. The molecular weight excluding hydrogens is 248 g/mol. The van der Waals surface area contributed by atoms with Crippen LogP contribution in [0.3, 0.4) is 0 Å². The van der Waals surface area contributed by atoms with Gasteiger partial charge in [0.05, 0.1) is 13.3 Å². The maximum atomic E-state index is 11.5. The summed E-state index contributed by atoms with van der Waals surface area (Å²) in [5.74, 6) is 0.558. The van der Waals surface area contributed by atoms with Gasteiger partial charge >= 0.3 is 5.97 Å². The fraction of sp³-hybridized carbons (Fsp3) is 0.692. The Morgan fingerprint density at radius 1 is 1.44 bits per heavy atom. The first-order valence-corrected chi connectivity index (χ1v) is 7.42. The second kappa shape index (κ2) is 4.88. The summed E-state index contributed by atoms with van der Waals surface area (Å²) in [6.07, 6.45) is 8.21. The highest BCUT2D eigenvalue weighted by molar-refractivity contribution is 7.17. The molecule has 1 saturated carbocycles. The van der Waals surface area contributed by atoms with Crippen LogP contribution in [0, 0.1) is 5.92 Å². The van der Waals surface area contributed by atoms with E-state index in [2.05, 4.69) is 9.88 Å². The van der Waals surface area contributed by atoms with E-state index in [1.807, 2.05) is 0 Å². The number of hydrogen-bond acceptors (Lipinski definition) is 5. The molecule has 1 aromatic rings. The average molecular weight is 266 g/mol. The summed E-state index contributed by atoms with van der Waals surface area (Å²) >= 11 is 1.46. The normalized spacial score (nSPS) is 27.1. The molecule has 4 nitrogen and oxygen atoms in total. The van der Waals surface area contributed by atoms with E-state index in [9.17, 15) is 4.79 Å². The van der Waals surface area contributed by atoms with Gasteiger partial charge in [-0.1, -0.05) is 17.8 Å². The predicted molar refractivity (Wildman–Crippen MR) is 71.2 cm³/mol. The molecule has 2 fully saturated rings. The molecule has 5 heteroatoms. The zero-order chi connectivity index (χ0) is 12.5. The van der Waals surface area contributed by atoms with Gasteiger partial charge in [-0.2, -0.15) is 0 Å². The molecule has 1 saturated heterocycles. The first-order valence-electron chi connectivity index (χ1n) is 6.60. The van der Waals surface area contributed by atoms with Crippen molar-refractivity contribution in [2.24, 2.45) is 5.92 Å². The maximum Gasteiger partial charge on any atom is 0.349 e. The first-order chi connectivity index (χ1) is 8.79. The van der Waals surface area contributed by atoms with Crippen LogP contribution in [0.5, 0.6) is 0 Å². The Morgan fingerprint density at radius 2 is 2.28 bits per heavy atom.